The van der Waals surface area contributed by atoms with E-state index in [9.17, 15) is 4.79 Å². The molecular formula is C15H25ClO2. The Morgan fingerprint density at radius 1 is 1.11 bits per heavy atom. The molecule has 0 aromatic carbocycles. The summed E-state index contributed by atoms with van der Waals surface area (Å²) >= 11 is 6.16. The molecular weight excluding hydrogens is 248 g/mol. The van der Waals surface area contributed by atoms with E-state index in [2.05, 4.69) is 6.92 Å². The Hall–Kier alpha value is -0.240. The van der Waals surface area contributed by atoms with Gasteiger partial charge in [0, 0.05) is 0 Å². The Kier molecular flexibility index (Phi) is 4.58. The number of hydrogen-bond acceptors (Lipinski definition) is 1. The molecule has 104 valence electrons. The predicted octanol–water partition coefficient (Wildman–Crippen LogP) is 4.46. The number of carboxylic acid groups (broad SMARTS) is 1. The molecule has 0 spiro atoms. The van der Waals surface area contributed by atoms with Crippen LogP contribution in [0, 0.1) is 17.8 Å². The van der Waals surface area contributed by atoms with Gasteiger partial charge in [0.2, 0.25) is 0 Å². The minimum absolute atomic E-state index is 0.655. The lowest BCUT2D eigenvalue weighted by Gasteiger charge is -2.39. The van der Waals surface area contributed by atoms with Gasteiger partial charge in [0.1, 0.15) is 4.87 Å². The molecule has 0 atom stereocenters. The molecule has 2 rings (SSSR count). The summed E-state index contributed by atoms with van der Waals surface area (Å²) in [5.41, 5.74) is 0. The van der Waals surface area contributed by atoms with Crippen molar-refractivity contribution in [3.63, 3.8) is 0 Å². The maximum atomic E-state index is 11.1. The lowest BCUT2D eigenvalue weighted by Crippen LogP contribution is -2.38. The number of alkyl halides is 1. The van der Waals surface area contributed by atoms with Crippen LogP contribution in [0.2, 0.25) is 0 Å². The van der Waals surface area contributed by atoms with Crippen LogP contribution in [0.5, 0.6) is 0 Å². The monoisotopic (exact) mass is 272 g/mol. The van der Waals surface area contributed by atoms with Gasteiger partial charge in [-0.1, -0.05) is 26.2 Å². The highest BCUT2D eigenvalue weighted by molar-refractivity contribution is 6.33. The predicted molar refractivity (Wildman–Crippen MR) is 73.9 cm³/mol. The fourth-order valence-corrected chi connectivity index (χ4v) is 4.07. The zero-order valence-corrected chi connectivity index (χ0v) is 12.1. The van der Waals surface area contributed by atoms with Crippen LogP contribution in [-0.4, -0.2) is 16.0 Å². The quantitative estimate of drug-likeness (QED) is 0.771. The highest BCUT2D eigenvalue weighted by Crippen LogP contribution is 2.44. The Morgan fingerprint density at radius 2 is 1.61 bits per heavy atom. The molecule has 18 heavy (non-hydrogen) atoms. The normalized spacial score (nSPS) is 41.6. The summed E-state index contributed by atoms with van der Waals surface area (Å²) in [5, 5.41) is 9.13. The summed E-state index contributed by atoms with van der Waals surface area (Å²) in [6.45, 7) is 2.29. The zero-order chi connectivity index (χ0) is 13.2. The van der Waals surface area contributed by atoms with E-state index in [4.69, 9.17) is 16.7 Å². The summed E-state index contributed by atoms with van der Waals surface area (Å²) in [5.74, 6) is 1.69. The van der Waals surface area contributed by atoms with Crippen molar-refractivity contribution in [2.24, 2.45) is 17.8 Å². The van der Waals surface area contributed by atoms with Crippen LogP contribution < -0.4 is 0 Å². The average Bonchev–Trinajstić information content (AvgIpc) is 2.40. The number of hydrogen-bond donors (Lipinski definition) is 1. The Balaban J connectivity index is 1.82. The van der Waals surface area contributed by atoms with Gasteiger partial charge in [-0.15, -0.1) is 11.6 Å². The first-order valence-electron chi connectivity index (χ1n) is 7.47. The van der Waals surface area contributed by atoms with Crippen molar-refractivity contribution in [3.05, 3.63) is 0 Å². The van der Waals surface area contributed by atoms with Crippen molar-refractivity contribution in [1.82, 2.24) is 0 Å². The second-order valence-electron chi connectivity index (χ2n) is 6.30. The van der Waals surface area contributed by atoms with E-state index >= 15 is 0 Å². The van der Waals surface area contributed by atoms with Gasteiger partial charge in [-0.05, 0) is 56.3 Å². The van der Waals surface area contributed by atoms with E-state index in [1.165, 1.54) is 32.1 Å². The van der Waals surface area contributed by atoms with E-state index in [-0.39, 0.29) is 0 Å². The molecule has 2 aliphatic carbocycles. The van der Waals surface area contributed by atoms with Crippen LogP contribution in [0.4, 0.5) is 0 Å². The SMILES string of the molecule is CCC1CCC(C2CCC(Cl)(C(=O)O)CC2)CC1. The summed E-state index contributed by atoms with van der Waals surface area (Å²) in [6.07, 6.45) is 10.1. The Morgan fingerprint density at radius 3 is 2.06 bits per heavy atom. The Bertz CT molecular complexity index is 287. The molecule has 2 fully saturated rings. The van der Waals surface area contributed by atoms with Gasteiger partial charge in [-0.2, -0.15) is 0 Å². The first-order valence-corrected chi connectivity index (χ1v) is 7.85. The number of carbonyl (C=O) groups is 1. The largest absolute Gasteiger partial charge is 0.480 e. The third-order valence-electron chi connectivity index (χ3n) is 5.34. The minimum atomic E-state index is -0.961. The van der Waals surface area contributed by atoms with E-state index in [1.54, 1.807) is 0 Å². The zero-order valence-electron chi connectivity index (χ0n) is 11.3. The fraction of sp³-hybridized carbons (Fsp3) is 0.933. The number of rotatable bonds is 3. The summed E-state index contributed by atoms with van der Waals surface area (Å²) in [6, 6.07) is 0. The number of carboxylic acids is 1. The third kappa shape index (κ3) is 3.01. The van der Waals surface area contributed by atoms with Crippen LogP contribution in [-0.2, 0) is 4.79 Å². The lowest BCUT2D eigenvalue weighted by atomic mass is 9.69. The van der Waals surface area contributed by atoms with Gasteiger partial charge < -0.3 is 5.11 Å². The van der Waals surface area contributed by atoms with Crippen molar-refractivity contribution in [3.8, 4) is 0 Å². The second kappa shape index (κ2) is 5.81. The third-order valence-corrected chi connectivity index (χ3v) is 5.88. The highest BCUT2D eigenvalue weighted by atomic mass is 35.5. The highest BCUT2D eigenvalue weighted by Gasteiger charge is 2.42. The molecule has 0 aliphatic heterocycles. The summed E-state index contributed by atoms with van der Waals surface area (Å²) in [4.78, 5) is 10.1. The van der Waals surface area contributed by atoms with Crippen LogP contribution in [0.15, 0.2) is 0 Å². The number of aliphatic carboxylic acids is 1. The maximum absolute atomic E-state index is 11.1. The van der Waals surface area contributed by atoms with Gasteiger partial charge >= 0.3 is 5.97 Å². The van der Waals surface area contributed by atoms with Gasteiger partial charge in [-0.3, -0.25) is 4.79 Å². The average molecular weight is 273 g/mol. The van der Waals surface area contributed by atoms with Crippen LogP contribution in [0.3, 0.4) is 0 Å². The van der Waals surface area contributed by atoms with Crippen LogP contribution in [0.25, 0.3) is 0 Å². The molecule has 0 amide bonds. The van der Waals surface area contributed by atoms with Gasteiger partial charge in [0.05, 0.1) is 0 Å². The molecule has 0 aromatic heterocycles. The fourth-order valence-electron chi connectivity index (χ4n) is 3.85. The van der Waals surface area contributed by atoms with E-state index < -0.39 is 10.8 Å². The van der Waals surface area contributed by atoms with Crippen molar-refractivity contribution in [2.75, 3.05) is 0 Å². The van der Waals surface area contributed by atoms with Gasteiger partial charge in [0.25, 0.3) is 0 Å². The van der Waals surface area contributed by atoms with E-state index in [0.29, 0.717) is 12.8 Å². The molecule has 0 heterocycles. The van der Waals surface area contributed by atoms with E-state index in [1.807, 2.05) is 0 Å². The first kappa shape index (κ1) is 14.2. The molecule has 0 saturated heterocycles. The molecule has 2 nitrogen and oxygen atoms in total. The van der Waals surface area contributed by atoms with Gasteiger partial charge in [-0.25, -0.2) is 0 Å². The topological polar surface area (TPSA) is 37.3 Å². The van der Waals surface area contributed by atoms with Crippen molar-refractivity contribution in [1.29, 1.82) is 0 Å². The molecule has 3 heteroatoms. The van der Waals surface area contributed by atoms with Crippen molar-refractivity contribution >= 4 is 17.6 Å². The standard InChI is InChI=1S/C15H25ClO2/c1-2-11-3-5-12(6-4-11)13-7-9-15(16,10-8-13)14(17)18/h11-13H,2-10H2,1H3,(H,17,18). The lowest BCUT2D eigenvalue weighted by molar-refractivity contribution is -0.141. The molecule has 0 bridgehead atoms. The molecule has 2 saturated carbocycles. The van der Waals surface area contributed by atoms with Crippen molar-refractivity contribution in [2.45, 2.75) is 69.6 Å². The van der Waals surface area contributed by atoms with Gasteiger partial charge in [0.15, 0.2) is 0 Å². The molecule has 0 radical (unpaired) electrons. The Labute approximate surface area is 115 Å². The maximum Gasteiger partial charge on any atom is 0.324 e. The smallest absolute Gasteiger partial charge is 0.324 e. The molecule has 1 N–H and O–H groups in total. The van der Waals surface area contributed by atoms with Crippen LogP contribution in [0.1, 0.15) is 64.7 Å². The van der Waals surface area contributed by atoms with Crippen molar-refractivity contribution < 1.29 is 9.90 Å². The second-order valence-corrected chi connectivity index (χ2v) is 7.02. The molecule has 0 aromatic rings. The summed E-state index contributed by atoms with van der Waals surface area (Å²) < 4.78 is 0. The summed E-state index contributed by atoms with van der Waals surface area (Å²) in [7, 11) is 0. The first-order chi connectivity index (χ1) is 8.55. The number of halogens is 1. The molecule has 2 aliphatic rings. The molecule has 0 unspecified atom stereocenters. The minimum Gasteiger partial charge on any atom is -0.480 e. The van der Waals surface area contributed by atoms with E-state index in [0.717, 1.165) is 30.6 Å². The van der Waals surface area contributed by atoms with Crippen LogP contribution >= 0.6 is 11.6 Å².